The van der Waals surface area contributed by atoms with Gasteiger partial charge in [0.15, 0.2) is 0 Å². The van der Waals surface area contributed by atoms with Gasteiger partial charge in [0.1, 0.15) is 0 Å². The quantitative estimate of drug-likeness (QED) is 0.541. The fourth-order valence-corrected chi connectivity index (χ4v) is 3.85. The van der Waals surface area contributed by atoms with Gasteiger partial charge in [-0.25, -0.2) is 0 Å². The van der Waals surface area contributed by atoms with E-state index in [1.54, 1.807) is 0 Å². The van der Waals surface area contributed by atoms with Gasteiger partial charge in [-0.3, -0.25) is 0 Å². The second-order valence-electron chi connectivity index (χ2n) is 7.63. The highest BCUT2D eigenvalue weighted by atomic mass is 28.3. The van der Waals surface area contributed by atoms with Gasteiger partial charge < -0.3 is 4.43 Å². The summed E-state index contributed by atoms with van der Waals surface area (Å²) in [6, 6.07) is 0. The number of rotatable bonds is 2. The first-order valence-electron chi connectivity index (χ1n) is 8.56. The molecule has 0 amide bonds. The standard InChI is InChI=1S/C18H35OSi/c1-18(2,3)16-12-8-6-7-9-14-17(19-20(4)5)15-11-10-13-16/h15-16H,6-14H2,1-5H3/b17-15+. The molecule has 0 spiro atoms. The minimum Gasteiger partial charge on any atom is -0.546 e. The van der Waals surface area contributed by atoms with Crippen molar-refractivity contribution in [3.8, 4) is 0 Å². The zero-order valence-corrected chi connectivity index (χ0v) is 15.4. The van der Waals surface area contributed by atoms with E-state index >= 15 is 0 Å². The molecule has 20 heavy (non-hydrogen) atoms. The third-order valence-corrected chi connectivity index (χ3v) is 5.08. The van der Waals surface area contributed by atoms with Gasteiger partial charge in [-0.05, 0) is 62.6 Å². The molecule has 0 aromatic carbocycles. The first-order valence-corrected chi connectivity index (χ1v) is 11.0. The Morgan fingerprint density at radius 1 is 1.00 bits per heavy atom. The molecule has 2 heteroatoms. The molecule has 1 unspecified atom stereocenters. The minimum atomic E-state index is -0.600. The van der Waals surface area contributed by atoms with Crippen molar-refractivity contribution in [1.82, 2.24) is 0 Å². The average Bonchev–Trinajstić information content (AvgIpc) is 2.30. The summed E-state index contributed by atoms with van der Waals surface area (Å²) in [5.41, 5.74) is 0.468. The van der Waals surface area contributed by atoms with Crippen LogP contribution in [0.4, 0.5) is 0 Å². The summed E-state index contributed by atoms with van der Waals surface area (Å²) in [5, 5.41) is 0. The summed E-state index contributed by atoms with van der Waals surface area (Å²) in [6.07, 6.45) is 14.4. The van der Waals surface area contributed by atoms with E-state index in [1.165, 1.54) is 63.5 Å². The number of hydrogen-bond acceptors (Lipinski definition) is 1. The van der Waals surface area contributed by atoms with Crippen molar-refractivity contribution in [2.24, 2.45) is 11.3 Å². The molecule has 0 saturated carbocycles. The van der Waals surface area contributed by atoms with Crippen LogP contribution in [0.5, 0.6) is 0 Å². The summed E-state index contributed by atoms with van der Waals surface area (Å²) in [5.74, 6) is 2.17. The van der Waals surface area contributed by atoms with E-state index in [0.29, 0.717) is 5.41 Å². The summed E-state index contributed by atoms with van der Waals surface area (Å²) < 4.78 is 6.05. The summed E-state index contributed by atoms with van der Waals surface area (Å²) >= 11 is 0. The van der Waals surface area contributed by atoms with Crippen LogP contribution in [0, 0.1) is 11.3 Å². The highest BCUT2D eigenvalue weighted by Gasteiger charge is 2.23. The van der Waals surface area contributed by atoms with Crippen LogP contribution in [0.1, 0.15) is 78.6 Å². The van der Waals surface area contributed by atoms with Crippen molar-refractivity contribution < 1.29 is 4.43 Å². The van der Waals surface area contributed by atoms with Gasteiger partial charge in [0.2, 0.25) is 0 Å². The lowest BCUT2D eigenvalue weighted by Crippen LogP contribution is -2.20. The van der Waals surface area contributed by atoms with Gasteiger partial charge in [-0.15, -0.1) is 0 Å². The molecule has 1 atom stereocenters. The second-order valence-corrected chi connectivity index (χ2v) is 9.65. The molecule has 1 nitrogen and oxygen atoms in total. The van der Waals surface area contributed by atoms with Crippen molar-refractivity contribution in [2.45, 2.75) is 91.7 Å². The molecule has 117 valence electrons. The minimum absolute atomic E-state index is 0.468. The zero-order chi connectivity index (χ0) is 15.0. The lowest BCUT2D eigenvalue weighted by Gasteiger charge is -2.31. The molecule has 0 heterocycles. The van der Waals surface area contributed by atoms with Crippen LogP contribution >= 0.6 is 0 Å². The SMILES string of the molecule is C[Si](C)O/C1=C/CCCC(C(C)(C)C)CCCCCC1. The van der Waals surface area contributed by atoms with Crippen molar-refractivity contribution in [2.75, 3.05) is 0 Å². The monoisotopic (exact) mass is 295 g/mol. The normalized spacial score (nSPS) is 26.3. The Bertz CT molecular complexity index is 288. The lowest BCUT2D eigenvalue weighted by molar-refractivity contribution is 0.202. The maximum Gasteiger partial charge on any atom is 0.273 e. The molecule has 1 aliphatic rings. The van der Waals surface area contributed by atoms with Gasteiger partial charge in [0, 0.05) is 6.42 Å². The van der Waals surface area contributed by atoms with E-state index in [4.69, 9.17) is 4.43 Å². The van der Waals surface area contributed by atoms with Crippen LogP contribution in [0.2, 0.25) is 13.1 Å². The highest BCUT2D eigenvalue weighted by Crippen LogP contribution is 2.35. The van der Waals surface area contributed by atoms with Crippen molar-refractivity contribution in [3.05, 3.63) is 11.8 Å². The molecule has 0 aliphatic heterocycles. The molecule has 1 aliphatic carbocycles. The van der Waals surface area contributed by atoms with Crippen LogP contribution in [-0.2, 0) is 4.43 Å². The van der Waals surface area contributed by atoms with E-state index in [-0.39, 0.29) is 0 Å². The molecule has 0 aromatic heterocycles. The van der Waals surface area contributed by atoms with E-state index in [2.05, 4.69) is 39.9 Å². The predicted molar refractivity (Wildman–Crippen MR) is 91.1 cm³/mol. The van der Waals surface area contributed by atoms with Gasteiger partial charge in [-0.2, -0.15) is 0 Å². The Kier molecular flexibility index (Phi) is 7.94. The number of hydrogen-bond donors (Lipinski definition) is 0. The molecule has 0 N–H and O–H groups in total. The van der Waals surface area contributed by atoms with Crippen LogP contribution in [-0.4, -0.2) is 9.04 Å². The van der Waals surface area contributed by atoms with E-state index < -0.39 is 9.04 Å². The Morgan fingerprint density at radius 3 is 2.30 bits per heavy atom. The Hall–Kier alpha value is -0.243. The molecule has 1 radical (unpaired) electrons. The molecule has 0 aromatic rings. The zero-order valence-electron chi connectivity index (χ0n) is 14.4. The Morgan fingerprint density at radius 2 is 1.65 bits per heavy atom. The highest BCUT2D eigenvalue weighted by molar-refractivity contribution is 6.48. The summed E-state index contributed by atoms with van der Waals surface area (Å²) in [4.78, 5) is 0. The second kappa shape index (κ2) is 8.91. The van der Waals surface area contributed by atoms with Gasteiger partial charge in [0.05, 0.1) is 5.76 Å². The topological polar surface area (TPSA) is 9.23 Å². The predicted octanol–water partition coefficient (Wildman–Crippen LogP) is 6.32. The summed E-state index contributed by atoms with van der Waals surface area (Å²) in [6.45, 7) is 11.7. The molecule has 0 fully saturated rings. The smallest absolute Gasteiger partial charge is 0.273 e. The van der Waals surface area contributed by atoms with Crippen molar-refractivity contribution in [1.29, 1.82) is 0 Å². The molecular formula is C18H35OSi. The maximum absolute atomic E-state index is 6.05. The van der Waals surface area contributed by atoms with Gasteiger partial charge >= 0.3 is 0 Å². The van der Waals surface area contributed by atoms with Gasteiger partial charge in [-0.1, -0.05) is 40.0 Å². The molecular weight excluding hydrogens is 260 g/mol. The molecule has 0 saturated heterocycles. The molecule has 1 rings (SSSR count). The number of allylic oxidation sites excluding steroid dienone is 2. The third kappa shape index (κ3) is 7.52. The molecule has 0 bridgehead atoms. The first-order chi connectivity index (χ1) is 9.39. The maximum atomic E-state index is 6.05. The first kappa shape index (κ1) is 17.8. The van der Waals surface area contributed by atoms with E-state index in [1.807, 2.05) is 0 Å². The fourth-order valence-electron chi connectivity index (χ4n) is 3.14. The van der Waals surface area contributed by atoms with Gasteiger partial charge in [0.25, 0.3) is 9.04 Å². The summed E-state index contributed by atoms with van der Waals surface area (Å²) in [7, 11) is -0.600. The third-order valence-electron chi connectivity index (χ3n) is 4.41. The lowest BCUT2D eigenvalue weighted by atomic mass is 9.75. The van der Waals surface area contributed by atoms with Crippen molar-refractivity contribution >= 4 is 9.04 Å². The van der Waals surface area contributed by atoms with Crippen LogP contribution < -0.4 is 0 Å². The van der Waals surface area contributed by atoms with E-state index in [0.717, 1.165) is 5.92 Å². The Labute approximate surface area is 128 Å². The van der Waals surface area contributed by atoms with Crippen LogP contribution in [0.3, 0.4) is 0 Å². The fraction of sp³-hybridized carbons (Fsp3) is 0.889. The van der Waals surface area contributed by atoms with Crippen LogP contribution in [0.25, 0.3) is 0 Å². The van der Waals surface area contributed by atoms with Crippen LogP contribution in [0.15, 0.2) is 11.8 Å². The Balaban J connectivity index is 2.57. The van der Waals surface area contributed by atoms with Crippen molar-refractivity contribution in [3.63, 3.8) is 0 Å². The average molecular weight is 296 g/mol. The van der Waals surface area contributed by atoms with E-state index in [9.17, 15) is 0 Å². The largest absolute Gasteiger partial charge is 0.546 e.